The van der Waals surface area contributed by atoms with Gasteiger partial charge in [0.15, 0.2) is 11.6 Å². The Hall–Kier alpha value is -1.49. The zero-order valence-electron chi connectivity index (χ0n) is 11.4. The fraction of sp³-hybridized carbons (Fsp3) is 0.500. The second-order valence-electron chi connectivity index (χ2n) is 4.48. The molecule has 5 heteroatoms. The van der Waals surface area contributed by atoms with Crippen molar-refractivity contribution in [2.75, 3.05) is 7.11 Å². The summed E-state index contributed by atoms with van der Waals surface area (Å²) in [5, 5.41) is 2.92. The number of benzene rings is 1. The number of ether oxygens (including phenoxy) is 1. The molecule has 2 atom stereocenters. The standard InChI is InChI=1S/C14H19F2NO2/c1-4-9(2)13(14(18)19-3)17-8-10-6-5-7-11(15)12(10)16/h5-7,9,13,17H,4,8H2,1-3H3. The zero-order valence-corrected chi connectivity index (χ0v) is 11.4. The molecule has 0 amide bonds. The molecule has 0 radical (unpaired) electrons. The Morgan fingerprint density at radius 2 is 2.11 bits per heavy atom. The van der Waals surface area contributed by atoms with Gasteiger partial charge in [0.25, 0.3) is 0 Å². The number of carbonyl (C=O) groups is 1. The van der Waals surface area contributed by atoms with Gasteiger partial charge in [0.05, 0.1) is 7.11 Å². The highest BCUT2D eigenvalue weighted by Crippen LogP contribution is 2.14. The van der Waals surface area contributed by atoms with E-state index in [0.29, 0.717) is 0 Å². The van der Waals surface area contributed by atoms with Crippen LogP contribution in [-0.4, -0.2) is 19.1 Å². The Bertz CT molecular complexity index is 437. The molecule has 1 aromatic carbocycles. The Labute approximate surface area is 112 Å². The van der Waals surface area contributed by atoms with Crippen LogP contribution in [-0.2, 0) is 16.1 Å². The van der Waals surface area contributed by atoms with E-state index in [0.717, 1.165) is 12.5 Å². The van der Waals surface area contributed by atoms with Gasteiger partial charge in [0, 0.05) is 12.1 Å². The van der Waals surface area contributed by atoms with Gasteiger partial charge in [-0.05, 0) is 12.0 Å². The SMILES string of the molecule is CCC(C)C(NCc1cccc(F)c1F)C(=O)OC. The fourth-order valence-corrected chi connectivity index (χ4v) is 1.78. The highest BCUT2D eigenvalue weighted by Gasteiger charge is 2.24. The number of methoxy groups -OCH3 is 1. The van der Waals surface area contributed by atoms with Crippen molar-refractivity contribution in [3.8, 4) is 0 Å². The van der Waals surface area contributed by atoms with Crippen molar-refractivity contribution >= 4 is 5.97 Å². The van der Waals surface area contributed by atoms with Crippen LogP contribution in [0, 0.1) is 17.6 Å². The van der Waals surface area contributed by atoms with Gasteiger partial charge in [-0.1, -0.05) is 32.4 Å². The Morgan fingerprint density at radius 3 is 2.68 bits per heavy atom. The average molecular weight is 271 g/mol. The average Bonchev–Trinajstić information content (AvgIpc) is 2.42. The van der Waals surface area contributed by atoms with E-state index in [1.807, 2.05) is 13.8 Å². The Balaban J connectivity index is 2.76. The molecule has 1 rings (SSSR count). The summed E-state index contributed by atoms with van der Waals surface area (Å²) in [7, 11) is 1.31. The van der Waals surface area contributed by atoms with Crippen LogP contribution in [0.1, 0.15) is 25.8 Å². The van der Waals surface area contributed by atoms with Crippen LogP contribution in [0.3, 0.4) is 0 Å². The van der Waals surface area contributed by atoms with Crippen LogP contribution in [0.2, 0.25) is 0 Å². The topological polar surface area (TPSA) is 38.3 Å². The molecule has 106 valence electrons. The van der Waals surface area contributed by atoms with Crippen molar-refractivity contribution < 1.29 is 18.3 Å². The second kappa shape index (κ2) is 7.19. The summed E-state index contributed by atoms with van der Waals surface area (Å²) in [6.45, 7) is 3.93. The van der Waals surface area contributed by atoms with E-state index in [2.05, 4.69) is 5.32 Å². The predicted molar refractivity (Wildman–Crippen MR) is 68.5 cm³/mol. The first-order valence-electron chi connectivity index (χ1n) is 6.25. The molecule has 0 heterocycles. The van der Waals surface area contributed by atoms with E-state index < -0.39 is 23.6 Å². The van der Waals surface area contributed by atoms with E-state index in [1.54, 1.807) is 0 Å². The lowest BCUT2D eigenvalue weighted by Gasteiger charge is -2.22. The number of esters is 1. The summed E-state index contributed by atoms with van der Waals surface area (Å²) in [6.07, 6.45) is 0.776. The van der Waals surface area contributed by atoms with E-state index >= 15 is 0 Å². The van der Waals surface area contributed by atoms with Gasteiger partial charge in [-0.15, -0.1) is 0 Å². The number of carbonyl (C=O) groups excluding carboxylic acids is 1. The Kier molecular flexibility index (Phi) is 5.89. The number of hydrogen-bond donors (Lipinski definition) is 1. The maximum Gasteiger partial charge on any atom is 0.323 e. The van der Waals surface area contributed by atoms with Crippen LogP contribution < -0.4 is 5.32 Å². The highest BCUT2D eigenvalue weighted by atomic mass is 19.2. The molecule has 0 aliphatic heterocycles. The third kappa shape index (κ3) is 3.99. The van der Waals surface area contributed by atoms with Gasteiger partial charge in [0.2, 0.25) is 0 Å². The zero-order chi connectivity index (χ0) is 14.4. The monoisotopic (exact) mass is 271 g/mol. The van der Waals surface area contributed by atoms with Gasteiger partial charge in [0.1, 0.15) is 6.04 Å². The van der Waals surface area contributed by atoms with Crippen LogP contribution in [0.15, 0.2) is 18.2 Å². The van der Waals surface area contributed by atoms with Crippen molar-refractivity contribution in [3.63, 3.8) is 0 Å². The van der Waals surface area contributed by atoms with Crippen LogP contribution >= 0.6 is 0 Å². The predicted octanol–water partition coefficient (Wildman–Crippen LogP) is 2.64. The minimum atomic E-state index is -0.891. The summed E-state index contributed by atoms with van der Waals surface area (Å²) >= 11 is 0. The fourth-order valence-electron chi connectivity index (χ4n) is 1.78. The molecule has 2 unspecified atom stereocenters. The van der Waals surface area contributed by atoms with E-state index in [1.165, 1.54) is 19.2 Å². The van der Waals surface area contributed by atoms with Gasteiger partial charge < -0.3 is 4.74 Å². The molecule has 0 bridgehead atoms. The molecule has 0 aliphatic rings. The number of nitrogens with one attached hydrogen (secondary N) is 1. The molecule has 0 aliphatic carbocycles. The lowest BCUT2D eigenvalue weighted by atomic mass is 9.99. The first-order valence-corrected chi connectivity index (χ1v) is 6.25. The molecule has 3 nitrogen and oxygen atoms in total. The second-order valence-corrected chi connectivity index (χ2v) is 4.48. The summed E-state index contributed by atoms with van der Waals surface area (Å²) in [5.41, 5.74) is 0.192. The summed E-state index contributed by atoms with van der Waals surface area (Å²) in [4.78, 5) is 11.6. The van der Waals surface area contributed by atoms with E-state index in [-0.39, 0.29) is 18.0 Å². The molecule has 0 spiro atoms. The molecule has 0 aromatic heterocycles. The third-order valence-corrected chi connectivity index (χ3v) is 3.21. The summed E-state index contributed by atoms with van der Waals surface area (Å²) < 4.78 is 31.3. The maximum absolute atomic E-state index is 13.5. The highest BCUT2D eigenvalue weighted by molar-refractivity contribution is 5.75. The third-order valence-electron chi connectivity index (χ3n) is 3.21. The van der Waals surface area contributed by atoms with Gasteiger partial charge in [-0.3, -0.25) is 10.1 Å². The Morgan fingerprint density at radius 1 is 1.42 bits per heavy atom. The molecule has 1 N–H and O–H groups in total. The lowest BCUT2D eigenvalue weighted by molar-refractivity contribution is -0.144. The van der Waals surface area contributed by atoms with Gasteiger partial charge in [-0.2, -0.15) is 0 Å². The van der Waals surface area contributed by atoms with Crippen molar-refractivity contribution in [3.05, 3.63) is 35.4 Å². The maximum atomic E-state index is 13.5. The van der Waals surface area contributed by atoms with Gasteiger partial charge >= 0.3 is 5.97 Å². The molecule has 19 heavy (non-hydrogen) atoms. The molecule has 0 saturated heterocycles. The minimum absolute atomic E-state index is 0.0454. The number of halogens is 2. The molecular formula is C14H19F2NO2. The molecular weight excluding hydrogens is 252 g/mol. The van der Waals surface area contributed by atoms with E-state index in [4.69, 9.17) is 4.74 Å². The number of hydrogen-bond acceptors (Lipinski definition) is 3. The van der Waals surface area contributed by atoms with Crippen molar-refractivity contribution in [2.45, 2.75) is 32.9 Å². The lowest BCUT2D eigenvalue weighted by Crippen LogP contribution is -2.42. The van der Waals surface area contributed by atoms with E-state index in [9.17, 15) is 13.6 Å². The smallest absolute Gasteiger partial charge is 0.323 e. The number of rotatable bonds is 6. The first kappa shape index (κ1) is 15.6. The van der Waals surface area contributed by atoms with Crippen LogP contribution in [0.4, 0.5) is 8.78 Å². The summed E-state index contributed by atoms with van der Waals surface area (Å²) in [5.74, 6) is -2.13. The quantitative estimate of drug-likeness (QED) is 0.808. The van der Waals surface area contributed by atoms with Crippen molar-refractivity contribution in [1.29, 1.82) is 0 Å². The largest absolute Gasteiger partial charge is 0.468 e. The van der Waals surface area contributed by atoms with Crippen LogP contribution in [0.5, 0.6) is 0 Å². The normalized spacial score (nSPS) is 13.9. The van der Waals surface area contributed by atoms with Crippen molar-refractivity contribution in [1.82, 2.24) is 5.32 Å². The molecule has 0 saturated carbocycles. The van der Waals surface area contributed by atoms with Gasteiger partial charge in [-0.25, -0.2) is 8.78 Å². The molecule has 0 fully saturated rings. The van der Waals surface area contributed by atoms with Crippen molar-refractivity contribution in [2.24, 2.45) is 5.92 Å². The minimum Gasteiger partial charge on any atom is -0.468 e. The molecule has 1 aromatic rings. The summed E-state index contributed by atoms with van der Waals surface area (Å²) in [6, 6.07) is 3.45. The van der Waals surface area contributed by atoms with Crippen LogP contribution in [0.25, 0.3) is 0 Å². The first-order chi connectivity index (χ1) is 9.01.